The quantitative estimate of drug-likeness (QED) is 0.473. The molecule has 28 heavy (non-hydrogen) atoms. The predicted molar refractivity (Wildman–Crippen MR) is 94.7 cm³/mol. The van der Waals surface area contributed by atoms with Crippen molar-refractivity contribution in [1.82, 2.24) is 0 Å². The smallest absolute Gasteiger partial charge is 0.399 e. The molecule has 1 aromatic rings. The summed E-state index contributed by atoms with van der Waals surface area (Å²) in [5.41, 5.74) is -4.32. The van der Waals surface area contributed by atoms with Crippen LogP contribution in [0, 0.1) is 22.0 Å². The third-order valence-corrected chi connectivity index (χ3v) is 5.26. The lowest BCUT2D eigenvalue weighted by molar-refractivity contribution is -0.591. The van der Waals surface area contributed by atoms with E-state index in [4.69, 9.17) is 4.74 Å². The Labute approximate surface area is 160 Å². The number of aliphatic hydroxyl groups is 1. The number of nitrogens with zero attached hydrogens (tertiary/aromatic N) is 1. The lowest BCUT2D eigenvalue weighted by atomic mass is 9.59. The summed E-state index contributed by atoms with van der Waals surface area (Å²) < 4.78 is 46.5. The lowest BCUT2D eigenvalue weighted by Gasteiger charge is -2.48. The van der Waals surface area contributed by atoms with Crippen molar-refractivity contribution in [2.45, 2.75) is 44.5 Å². The summed E-state index contributed by atoms with van der Waals surface area (Å²) in [4.78, 5) is 23.1. The maximum absolute atomic E-state index is 13.9. The monoisotopic (exact) mass is 401 g/mol. The van der Waals surface area contributed by atoms with E-state index in [1.165, 1.54) is 13.0 Å². The van der Waals surface area contributed by atoms with Crippen molar-refractivity contribution < 1.29 is 32.7 Å². The Hall–Kier alpha value is -2.42. The van der Waals surface area contributed by atoms with Crippen LogP contribution in [0.4, 0.5) is 13.2 Å². The number of halogens is 3. The highest BCUT2D eigenvalue weighted by atomic mass is 19.4. The Bertz CT molecular complexity index is 776. The van der Waals surface area contributed by atoms with Crippen molar-refractivity contribution in [2.75, 3.05) is 6.61 Å². The maximum Gasteiger partial charge on any atom is 0.399 e. The number of hydrogen-bond donors (Lipinski definition) is 1. The van der Waals surface area contributed by atoms with Crippen molar-refractivity contribution >= 4 is 12.0 Å². The molecule has 0 bridgehead atoms. The number of rotatable bonds is 4. The van der Waals surface area contributed by atoms with Crippen LogP contribution in [0.2, 0.25) is 0 Å². The van der Waals surface area contributed by atoms with Crippen LogP contribution in [0.3, 0.4) is 0 Å². The average Bonchev–Trinajstić information content (AvgIpc) is 2.57. The standard InChI is InChI=1S/C19H22F3NO5/c1-4-28-16(24)14-15(19(20,21)22)17(2,23(26)27)11-13(18(14,3)25)10-12-8-6-5-7-9-12/h5-10,14-15,25H,4,11H2,1-3H3/b13-10+. The molecule has 6 nitrogen and oxygen atoms in total. The fraction of sp³-hybridized carbons (Fsp3) is 0.526. The SMILES string of the molecule is CCOC(=O)C1C(C(F)(F)F)C(C)([N+](=O)[O-])C/C(=C\c2ccccc2)C1(C)O. The lowest BCUT2D eigenvalue weighted by Crippen LogP contribution is -2.65. The molecule has 2 rings (SSSR count). The van der Waals surface area contributed by atoms with Crippen LogP contribution in [0.1, 0.15) is 32.8 Å². The Morgan fingerprint density at radius 1 is 1.36 bits per heavy atom. The van der Waals surface area contributed by atoms with Gasteiger partial charge in [0.05, 0.1) is 12.2 Å². The Balaban J connectivity index is 2.72. The first-order chi connectivity index (χ1) is 12.9. The summed E-state index contributed by atoms with van der Waals surface area (Å²) >= 11 is 0. The van der Waals surface area contributed by atoms with E-state index >= 15 is 0 Å². The van der Waals surface area contributed by atoms with Crippen LogP contribution in [0.15, 0.2) is 35.9 Å². The number of hydrogen-bond acceptors (Lipinski definition) is 5. The maximum atomic E-state index is 13.9. The summed E-state index contributed by atoms with van der Waals surface area (Å²) in [5, 5.41) is 22.7. The molecule has 4 atom stereocenters. The zero-order valence-electron chi connectivity index (χ0n) is 15.7. The number of carbonyl (C=O) groups is 1. The first kappa shape index (κ1) is 21.9. The fourth-order valence-corrected chi connectivity index (χ4v) is 3.82. The van der Waals surface area contributed by atoms with E-state index in [1.54, 1.807) is 30.3 Å². The van der Waals surface area contributed by atoms with Crippen molar-refractivity contribution in [3.05, 3.63) is 51.6 Å². The second-order valence-electron chi connectivity index (χ2n) is 7.27. The van der Waals surface area contributed by atoms with Gasteiger partial charge in [-0.3, -0.25) is 14.9 Å². The molecule has 0 spiro atoms. The van der Waals surface area contributed by atoms with Crippen molar-refractivity contribution in [3.63, 3.8) is 0 Å². The van der Waals surface area contributed by atoms with E-state index in [9.17, 15) is 33.2 Å². The molecule has 0 radical (unpaired) electrons. The molecule has 0 saturated heterocycles. The van der Waals surface area contributed by atoms with Gasteiger partial charge in [-0.05, 0) is 25.0 Å². The molecular weight excluding hydrogens is 379 g/mol. The first-order valence-corrected chi connectivity index (χ1v) is 8.72. The van der Waals surface area contributed by atoms with Gasteiger partial charge in [0.25, 0.3) is 0 Å². The van der Waals surface area contributed by atoms with E-state index in [2.05, 4.69) is 0 Å². The molecule has 1 saturated carbocycles. The van der Waals surface area contributed by atoms with Gasteiger partial charge in [0.2, 0.25) is 5.54 Å². The van der Waals surface area contributed by atoms with Crippen molar-refractivity contribution in [1.29, 1.82) is 0 Å². The number of esters is 1. The molecule has 1 aliphatic carbocycles. The molecule has 0 aliphatic heterocycles. The molecule has 0 aromatic heterocycles. The summed E-state index contributed by atoms with van der Waals surface area (Å²) in [6, 6.07) is 8.36. The third-order valence-electron chi connectivity index (χ3n) is 5.26. The number of nitro groups is 1. The van der Waals surface area contributed by atoms with Gasteiger partial charge in [0, 0.05) is 18.3 Å². The number of alkyl halides is 3. The summed E-state index contributed by atoms with van der Waals surface area (Å²) in [5.74, 6) is -6.20. The fourth-order valence-electron chi connectivity index (χ4n) is 3.82. The minimum atomic E-state index is -5.10. The highest BCUT2D eigenvalue weighted by Crippen LogP contribution is 2.54. The Morgan fingerprint density at radius 2 is 1.93 bits per heavy atom. The Morgan fingerprint density at radius 3 is 2.39 bits per heavy atom. The van der Waals surface area contributed by atoms with Crippen LogP contribution in [0.25, 0.3) is 6.08 Å². The molecule has 4 unspecified atom stereocenters. The van der Waals surface area contributed by atoms with Crippen LogP contribution < -0.4 is 0 Å². The number of carbonyl (C=O) groups excluding carboxylic acids is 1. The van der Waals surface area contributed by atoms with E-state index in [0.717, 1.165) is 13.8 Å². The average molecular weight is 401 g/mol. The highest BCUT2D eigenvalue weighted by Gasteiger charge is 2.71. The highest BCUT2D eigenvalue weighted by molar-refractivity contribution is 5.77. The van der Waals surface area contributed by atoms with Gasteiger partial charge in [-0.25, -0.2) is 0 Å². The molecule has 1 fully saturated rings. The van der Waals surface area contributed by atoms with Crippen LogP contribution in [-0.2, 0) is 9.53 Å². The molecule has 0 heterocycles. The van der Waals surface area contributed by atoms with E-state index in [1.807, 2.05) is 0 Å². The number of benzene rings is 1. The summed E-state index contributed by atoms with van der Waals surface area (Å²) in [6.45, 7) is 3.11. The van der Waals surface area contributed by atoms with Crippen molar-refractivity contribution in [2.24, 2.45) is 11.8 Å². The van der Waals surface area contributed by atoms with E-state index in [-0.39, 0.29) is 12.2 Å². The molecule has 154 valence electrons. The van der Waals surface area contributed by atoms with Crippen molar-refractivity contribution in [3.8, 4) is 0 Å². The van der Waals surface area contributed by atoms with Gasteiger partial charge in [-0.1, -0.05) is 36.4 Å². The van der Waals surface area contributed by atoms with Gasteiger partial charge in [0.1, 0.15) is 11.8 Å². The van der Waals surface area contributed by atoms with E-state index < -0.39 is 46.5 Å². The minimum Gasteiger partial charge on any atom is -0.466 e. The molecule has 1 aliphatic rings. The third kappa shape index (κ3) is 3.89. The van der Waals surface area contributed by atoms with E-state index in [0.29, 0.717) is 5.56 Å². The molecule has 0 amide bonds. The van der Waals surface area contributed by atoms with Gasteiger partial charge in [-0.2, -0.15) is 13.2 Å². The first-order valence-electron chi connectivity index (χ1n) is 8.72. The number of ether oxygens (including phenoxy) is 1. The van der Waals surface area contributed by atoms with Crippen LogP contribution >= 0.6 is 0 Å². The zero-order chi connectivity index (χ0) is 21.3. The molecular formula is C19H22F3NO5. The topological polar surface area (TPSA) is 89.7 Å². The van der Waals surface area contributed by atoms with Gasteiger partial charge in [0.15, 0.2) is 0 Å². The van der Waals surface area contributed by atoms with Gasteiger partial charge in [-0.15, -0.1) is 0 Å². The zero-order valence-corrected chi connectivity index (χ0v) is 15.7. The summed E-state index contributed by atoms with van der Waals surface area (Å²) in [6.07, 6.45) is -4.37. The largest absolute Gasteiger partial charge is 0.466 e. The Kier molecular flexibility index (Phi) is 5.89. The second kappa shape index (κ2) is 7.54. The molecule has 1 N–H and O–H groups in total. The molecule has 9 heteroatoms. The van der Waals surface area contributed by atoms with Gasteiger partial charge < -0.3 is 9.84 Å². The molecule has 1 aromatic carbocycles. The normalized spacial score (nSPS) is 32.2. The van der Waals surface area contributed by atoms with Crippen LogP contribution in [0.5, 0.6) is 0 Å². The summed E-state index contributed by atoms with van der Waals surface area (Å²) in [7, 11) is 0. The minimum absolute atomic E-state index is 0.0311. The van der Waals surface area contributed by atoms with Gasteiger partial charge >= 0.3 is 12.1 Å². The second-order valence-corrected chi connectivity index (χ2v) is 7.27. The van der Waals surface area contributed by atoms with Crippen LogP contribution in [-0.4, -0.2) is 39.9 Å². The predicted octanol–water partition coefficient (Wildman–Crippen LogP) is 3.62.